The average molecular weight is 257 g/mol. The average Bonchev–Trinajstić information content (AvgIpc) is 2.60. The molecule has 18 heavy (non-hydrogen) atoms. The standard InChI is InChI=1S/C11H15NO6/c1-2-11(5-16-6-11)7-17-10(15)18-12-8(13)3-4-9(12)14/h2-7H2,1H3. The minimum atomic E-state index is -1.03. The summed E-state index contributed by atoms with van der Waals surface area (Å²) in [5.74, 6) is -1.04. The number of carbonyl (C=O) groups is 3. The Morgan fingerprint density at radius 3 is 2.39 bits per heavy atom. The third-order valence-corrected chi connectivity index (χ3v) is 3.23. The zero-order valence-electron chi connectivity index (χ0n) is 10.1. The van der Waals surface area contributed by atoms with Gasteiger partial charge in [-0.3, -0.25) is 14.4 Å². The van der Waals surface area contributed by atoms with Crippen LogP contribution in [0.15, 0.2) is 0 Å². The maximum atomic E-state index is 11.4. The smallest absolute Gasteiger partial charge is 0.432 e. The molecule has 0 N–H and O–H groups in total. The molecule has 0 radical (unpaired) electrons. The van der Waals surface area contributed by atoms with Crippen LogP contribution < -0.4 is 0 Å². The van der Waals surface area contributed by atoms with Crippen LogP contribution in [0.1, 0.15) is 26.2 Å². The van der Waals surface area contributed by atoms with Crippen LogP contribution in [-0.4, -0.2) is 42.9 Å². The molecule has 0 aromatic carbocycles. The van der Waals surface area contributed by atoms with E-state index in [1.54, 1.807) is 0 Å². The van der Waals surface area contributed by atoms with Crippen molar-refractivity contribution in [2.45, 2.75) is 26.2 Å². The third kappa shape index (κ3) is 2.45. The largest absolute Gasteiger partial charge is 0.533 e. The number of carbonyl (C=O) groups excluding carboxylic acids is 3. The first-order valence-electron chi connectivity index (χ1n) is 5.84. The molecule has 0 spiro atoms. The van der Waals surface area contributed by atoms with Gasteiger partial charge in [-0.1, -0.05) is 12.0 Å². The van der Waals surface area contributed by atoms with Crippen LogP contribution in [-0.2, 0) is 23.9 Å². The second-order valence-corrected chi connectivity index (χ2v) is 4.56. The molecular weight excluding hydrogens is 242 g/mol. The van der Waals surface area contributed by atoms with Crippen molar-refractivity contribution in [2.75, 3.05) is 19.8 Å². The monoisotopic (exact) mass is 257 g/mol. The maximum Gasteiger partial charge on any atom is 0.533 e. The lowest BCUT2D eigenvalue weighted by Crippen LogP contribution is -2.46. The lowest BCUT2D eigenvalue weighted by atomic mass is 9.84. The molecule has 0 aromatic heterocycles. The second-order valence-electron chi connectivity index (χ2n) is 4.56. The van der Waals surface area contributed by atoms with Crippen LogP contribution in [0.4, 0.5) is 4.79 Å². The van der Waals surface area contributed by atoms with Crippen LogP contribution in [0.3, 0.4) is 0 Å². The lowest BCUT2D eigenvalue weighted by Gasteiger charge is -2.39. The highest BCUT2D eigenvalue weighted by molar-refractivity contribution is 6.01. The molecule has 2 fully saturated rings. The molecule has 2 aliphatic rings. The Labute approximate surface area is 104 Å². The predicted molar refractivity (Wildman–Crippen MR) is 57.1 cm³/mol. The number of hydroxylamine groups is 2. The Balaban J connectivity index is 1.78. The van der Waals surface area contributed by atoms with E-state index in [4.69, 9.17) is 9.47 Å². The van der Waals surface area contributed by atoms with Crippen LogP contribution in [0.5, 0.6) is 0 Å². The van der Waals surface area contributed by atoms with Crippen molar-refractivity contribution in [3.05, 3.63) is 0 Å². The molecule has 7 heteroatoms. The number of rotatable bonds is 4. The van der Waals surface area contributed by atoms with Crippen molar-refractivity contribution in [3.8, 4) is 0 Å². The Kier molecular flexibility index (Phi) is 3.51. The molecule has 0 unspecified atom stereocenters. The zero-order valence-corrected chi connectivity index (χ0v) is 10.1. The molecule has 0 bridgehead atoms. The highest BCUT2D eigenvalue weighted by atomic mass is 16.8. The van der Waals surface area contributed by atoms with E-state index in [1.165, 1.54) is 0 Å². The summed E-state index contributed by atoms with van der Waals surface area (Å²) >= 11 is 0. The van der Waals surface area contributed by atoms with Gasteiger partial charge >= 0.3 is 6.16 Å². The van der Waals surface area contributed by atoms with Gasteiger partial charge in [0.05, 0.1) is 18.6 Å². The Morgan fingerprint density at radius 2 is 1.94 bits per heavy atom. The first-order valence-corrected chi connectivity index (χ1v) is 5.84. The molecule has 0 aromatic rings. The van der Waals surface area contributed by atoms with E-state index in [9.17, 15) is 14.4 Å². The number of amides is 2. The normalized spacial score (nSPS) is 21.7. The topological polar surface area (TPSA) is 82.1 Å². The Morgan fingerprint density at radius 1 is 1.33 bits per heavy atom. The summed E-state index contributed by atoms with van der Waals surface area (Å²) in [4.78, 5) is 38.3. The molecule has 2 rings (SSSR count). The quantitative estimate of drug-likeness (QED) is 0.542. The van der Waals surface area contributed by atoms with Crippen molar-refractivity contribution in [1.29, 1.82) is 0 Å². The lowest BCUT2D eigenvalue weighted by molar-refractivity contribution is -0.183. The van der Waals surface area contributed by atoms with E-state index >= 15 is 0 Å². The zero-order chi connectivity index (χ0) is 13.2. The van der Waals surface area contributed by atoms with Crippen molar-refractivity contribution < 1.29 is 28.7 Å². The number of imide groups is 1. The van der Waals surface area contributed by atoms with E-state index < -0.39 is 18.0 Å². The summed E-state index contributed by atoms with van der Waals surface area (Å²) in [7, 11) is 0. The minimum Gasteiger partial charge on any atom is -0.432 e. The van der Waals surface area contributed by atoms with Gasteiger partial charge in [0.25, 0.3) is 11.8 Å². The molecule has 2 aliphatic heterocycles. The molecule has 100 valence electrons. The molecule has 0 saturated carbocycles. The summed E-state index contributed by atoms with van der Waals surface area (Å²) in [6.07, 6.45) is -0.0714. The van der Waals surface area contributed by atoms with E-state index in [2.05, 4.69) is 4.84 Å². The fourth-order valence-corrected chi connectivity index (χ4v) is 1.75. The molecular formula is C11H15NO6. The van der Waals surface area contributed by atoms with E-state index in [0.29, 0.717) is 18.3 Å². The third-order valence-electron chi connectivity index (χ3n) is 3.23. The highest BCUT2D eigenvalue weighted by Crippen LogP contribution is 2.31. The van der Waals surface area contributed by atoms with Crippen molar-refractivity contribution >= 4 is 18.0 Å². The van der Waals surface area contributed by atoms with Gasteiger partial charge < -0.3 is 9.47 Å². The van der Waals surface area contributed by atoms with Gasteiger partial charge in [0.15, 0.2) is 0 Å². The number of hydrogen-bond donors (Lipinski definition) is 0. The van der Waals surface area contributed by atoms with Gasteiger partial charge in [0.1, 0.15) is 6.61 Å². The first-order chi connectivity index (χ1) is 8.56. The first kappa shape index (κ1) is 12.8. The summed E-state index contributed by atoms with van der Waals surface area (Å²) in [5, 5.41) is 0.470. The summed E-state index contributed by atoms with van der Waals surface area (Å²) in [6.45, 7) is 3.22. The molecule has 0 aliphatic carbocycles. The van der Waals surface area contributed by atoms with Crippen molar-refractivity contribution in [2.24, 2.45) is 5.41 Å². The molecule has 2 heterocycles. The van der Waals surface area contributed by atoms with Crippen LogP contribution in [0, 0.1) is 5.41 Å². The van der Waals surface area contributed by atoms with Crippen LogP contribution in [0.25, 0.3) is 0 Å². The summed E-state index contributed by atoms with van der Waals surface area (Å²) in [5.41, 5.74) is -0.155. The van der Waals surface area contributed by atoms with Gasteiger partial charge in [0, 0.05) is 12.8 Å². The molecule has 2 saturated heterocycles. The number of hydrogen-bond acceptors (Lipinski definition) is 6. The fourth-order valence-electron chi connectivity index (χ4n) is 1.75. The van der Waals surface area contributed by atoms with Gasteiger partial charge in [0.2, 0.25) is 0 Å². The number of ether oxygens (including phenoxy) is 2. The van der Waals surface area contributed by atoms with Gasteiger partial charge in [-0.2, -0.15) is 0 Å². The van der Waals surface area contributed by atoms with Crippen molar-refractivity contribution in [1.82, 2.24) is 5.06 Å². The molecule has 2 amide bonds. The maximum absolute atomic E-state index is 11.4. The van der Waals surface area contributed by atoms with Gasteiger partial charge in [-0.15, -0.1) is 0 Å². The van der Waals surface area contributed by atoms with Crippen LogP contribution >= 0.6 is 0 Å². The number of nitrogens with zero attached hydrogens (tertiary/aromatic N) is 1. The second kappa shape index (κ2) is 4.93. The van der Waals surface area contributed by atoms with Gasteiger partial charge in [-0.05, 0) is 6.42 Å². The molecule has 7 nitrogen and oxygen atoms in total. The SMILES string of the molecule is CCC1(COC(=O)ON2C(=O)CCC2=O)COC1. The minimum absolute atomic E-state index is 0.0683. The van der Waals surface area contributed by atoms with E-state index in [0.717, 1.165) is 6.42 Å². The Bertz CT molecular complexity index is 354. The van der Waals surface area contributed by atoms with Crippen molar-refractivity contribution in [3.63, 3.8) is 0 Å². The van der Waals surface area contributed by atoms with E-state index in [-0.39, 0.29) is 24.9 Å². The van der Waals surface area contributed by atoms with Crippen LogP contribution in [0.2, 0.25) is 0 Å². The fraction of sp³-hybridized carbons (Fsp3) is 0.727. The predicted octanol–water partition coefficient (Wildman–Crippen LogP) is 0.630. The summed E-state index contributed by atoms with van der Waals surface area (Å²) in [6, 6.07) is 0. The van der Waals surface area contributed by atoms with Gasteiger partial charge in [-0.25, -0.2) is 4.79 Å². The summed E-state index contributed by atoms with van der Waals surface area (Å²) < 4.78 is 9.99. The van der Waals surface area contributed by atoms with E-state index in [1.807, 2.05) is 6.92 Å². The molecule has 0 atom stereocenters. The highest BCUT2D eigenvalue weighted by Gasteiger charge is 2.39. The Hall–Kier alpha value is -1.63.